The maximum atomic E-state index is 13.1. The van der Waals surface area contributed by atoms with Gasteiger partial charge in [-0.1, -0.05) is 42.5 Å². The minimum atomic E-state index is -0.492. The zero-order valence-corrected chi connectivity index (χ0v) is 17.7. The molecule has 2 aliphatic rings. The van der Waals surface area contributed by atoms with Crippen molar-refractivity contribution in [3.8, 4) is 0 Å². The van der Waals surface area contributed by atoms with E-state index in [1.165, 1.54) is 10.8 Å². The van der Waals surface area contributed by atoms with Crippen LogP contribution < -0.4 is 0 Å². The predicted octanol–water partition coefficient (Wildman–Crippen LogP) is 5.52. The van der Waals surface area contributed by atoms with E-state index in [0.717, 1.165) is 37.7 Å². The summed E-state index contributed by atoms with van der Waals surface area (Å²) in [4.78, 5) is 27.8. The van der Waals surface area contributed by atoms with Crippen LogP contribution in [0.15, 0.2) is 42.5 Å². The number of rotatable bonds is 3. The summed E-state index contributed by atoms with van der Waals surface area (Å²) in [5.74, 6) is 0.344. The normalized spacial score (nSPS) is 24.4. The van der Waals surface area contributed by atoms with Crippen LogP contribution in [-0.4, -0.2) is 34.5 Å². The van der Waals surface area contributed by atoms with Gasteiger partial charge in [-0.2, -0.15) is 0 Å². The molecule has 2 unspecified atom stereocenters. The lowest BCUT2D eigenvalue weighted by atomic mass is 9.76. The number of fused-ring (bicyclic) bond motifs is 3. The van der Waals surface area contributed by atoms with Crippen molar-refractivity contribution in [2.24, 2.45) is 5.92 Å². The number of hydrogen-bond acceptors (Lipinski definition) is 3. The Morgan fingerprint density at radius 1 is 1.00 bits per heavy atom. The maximum Gasteiger partial charge on any atom is 0.410 e. The molecular weight excluding hydrogens is 362 g/mol. The van der Waals surface area contributed by atoms with Gasteiger partial charge >= 0.3 is 6.09 Å². The molecule has 0 radical (unpaired) electrons. The maximum absolute atomic E-state index is 13.1. The Morgan fingerprint density at radius 2 is 1.66 bits per heavy atom. The summed E-state index contributed by atoms with van der Waals surface area (Å²) < 4.78 is 5.65. The van der Waals surface area contributed by atoms with Crippen molar-refractivity contribution in [1.29, 1.82) is 0 Å². The van der Waals surface area contributed by atoms with Crippen LogP contribution in [0.1, 0.15) is 58.4 Å². The highest BCUT2D eigenvalue weighted by Crippen LogP contribution is 2.38. The third-order valence-corrected chi connectivity index (χ3v) is 6.23. The standard InChI is InChI=1S/C25H31NO3/c1-25(2,3)29-24(28)26-21-9-6-10-22(26)16-20(15-21)23(27)14-17-11-12-18-7-4-5-8-19(18)13-17/h4-5,7-8,11-13,20-22H,6,9-10,14-16H2,1-3H3. The summed E-state index contributed by atoms with van der Waals surface area (Å²) in [6.45, 7) is 5.71. The van der Waals surface area contributed by atoms with Gasteiger partial charge in [-0.15, -0.1) is 0 Å². The topological polar surface area (TPSA) is 46.6 Å². The van der Waals surface area contributed by atoms with Gasteiger partial charge < -0.3 is 9.64 Å². The highest BCUT2D eigenvalue weighted by atomic mass is 16.6. The molecule has 2 aromatic rings. The predicted molar refractivity (Wildman–Crippen MR) is 115 cm³/mol. The SMILES string of the molecule is CC(C)(C)OC(=O)N1C2CCCC1CC(C(=O)Cc1ccc3ccccc3c1)C2. The van der Waals surface area contributed by atoms with E-state index < -0.39 is 5.60 Å². The average Bonchev–Trinajstić information content (AvgIpc) is 2.65. The smallest absolute Gasteiger partial charge is 0.410 e. The second-order valence-electron chi connectivity index (χ2n) is 9.62. The molecule has 0 spiro atoms. The number of amides is 1. The number of nitrogens with zero attached hydrogens (tertiary/aromatic N) is 1. The molecule has 0 aromatic heterocycles. The number of carbonyl (C=O) groups is 2. The van der Waals surface area contributed by atoms with Crippen molar-refractivity contribution in [2.75, 3.05) is 0 Å². The molecule has 0 aliphatic carbocycles. The molecule has 4 nitrogen and oxygen atoms in total. The number of hydrogen-bond donors (Lipinski definition) is 0. The molecule has 2 atom stereocenters. The second-order valence-corrected chi connectivity index (χ2v) is 9.62. The Bertz CT molecular complexity index is 900. The van der Waals surface area contributed by atoms with E-state index in [2.05, 4.69) is 30.3 Å². The van der Waals surface area contributed by atoms with Crippen molar-refractivity contribution in [3.63, 3.8) is 0 Å². The van der Waals surface area contributed by atoms with Crippen LogP contribution in [0.4, 0.5) is 4.79 Å². The van der Waals surface area contributed by atoms with Gasteiger partial charge in [0.2, 0.25) is 0 Å². The molecule has 2 aliphatic heterocycles. The van der Waals surface area contributed by atoms with E-state index >= 15 is 0 Å². The summed E-state index contributed by atoms with van der Waals surface area (Å²) in [5.41, 5.74) is 0.585. The molecule has 154 valence electrons. The lowest BCUT2D eigenvalue weighted by Gasteiger charge is -2.48. The molecule has 2 aromatic carbocycles. The minimum absolute atomic E-state index is 0.0375. The van der Waals surface area contributed by atoms with Gasteiger partial charge in [-0.25, -0.2) is 4.79 Å². The van der Waals surface area contributed by atoms with E-state index in [4.69, 9.17) is 4.74 Å². The van der Waals surface area contributed by atoms with Crippen LogP contribution in [0, 0.1) is 5.92 Å². The fraction of sp³-hybridized carbons (Fsp3) is 0.520. The first-order valence-electron chi connectivity index (χ1n) is 10.8. The van der Waals surface area contributed by atoms with Gasteiger partial charge in [-0.05, 0) is 69.2 Å². The first-order chi connectivity index (χ1) is 13.8. The summed E-state index contributed by atoms with van der Waals surface area (Å²) in [6, 6.07) is 14.8. The van der Waals surface area contributed by atoms with E-state index in [1.54, 1.807) is 0 Å². The van der Waals surface area contributed by atoms with Gasteiger partial charge in [0.05, 0.1) is 0 Å². The van der Waals surface area contributed by atoms with E-state index in [9.17, 15) is 9.59 Å². The summed E-state index contributed by atoms with van der Waals surface area (Å²) in [5, 5.41) is 2.37. The number of piperidine rings is 2. The Balaban J connectivity index is 1.45. The molecule has 0 N–H and O–H groups in total. The monoisotopic (exact) mass is 393 g/mol. The second kappa shape index (κ2) is 7.81. The van der Waals surface area contributed by atoms with Crippen molar-refractivity contribution < 1.29 is 14.3 Å². The third-order valence-electron chi connectivity index (χ3n) is 6.23. The van der Waals surface area contributed by atoms with Crippen LogP contribution in [0.5, 0.6) is 0 Å². The van der Waals surface area contributed by atoms with Gasteiger partial charge in [-0.3, -0.25) is 4.79 Å². The molecule has 4 heteroatoms. The fourth-order valence-corrected chi connectivity index (χ4v) is 4.95. The Hall–Kier alpha value is -2.36. The zero-order chi connectivity index (χ0) is 20.6. The first kappa shape index (κ1) is 19.9. The Kier molecular flexibility index (Phi) is 5.37. The summed E-state index contributed by atoms with van der Waals surface area (Å²) in [7, 11) is 0. The van der Waals surface area contributed by atoms with E-state index in [-0.39, 0.29) is 24.1 Å². The van der Waals surface area contributed by atoms with Crippen LogP contribution in [0.3, 0.4) is 0 Å². The molecule has 2 bridgehead atoms. The fourth-order valence-electron chi connectivity index (χ4n) is 4.95. The van der Waals surface area contributed by atoms with Crippen molar-refractivity contribution in [1.82, 2.24) is 4.90 Å². The number of benzene rings is 2. The van der Waals surface area contributed by atoms with Crippen molar-refractivity contribution in [3.05, 3.63) is 48.0 Å². The van der Waals surface area contributed by atoms with Crippen LogP contribution in [0.2, 0.25) is 0 Å². The van der Waals surface area contributed by atoms with Gasteiger partial charge in [0.15, 0.2) is 0 Å². The number of ether oxygens (including phenoxy) is 1. The average molecular weight is 394 g/mol. The molecule has 0 saturated carbocycles. The Labute approximate surface area is 173 Å². The molecule has 1 amide bonds. The lowest BCUT2D eigenvalue weighted by molar-refractivity contribution is -0.126. The molecule has 2 saturated heterocycles. The van der Waals surface area contributed by atoms with Gasteiger partial charge in [0, 0.05) is 24.4 Å². The largest absolute Gasteiger partial charge is 0.444 e. The highest BCUT2D eigenvalue weighted by molar-refractivity contribution is 5.87. The number of ketones is 1. The first-order valence-corrected chi connectivity index (χ1v) is 10.8. The van der Waals surface area contributed by atoms with Gasteiger partial charge in [0.25, 0.3) is 0 Å². The van der Waals surface area contributed by atoms with Crippen molar-refractivity contribution >= 4 is 22.6 Å². The molecule has 2 fully saturated rings. The number of carbonyl (C=O) groups excluding carboxylic acids is 2. The Morgan fingerprint density at radius 3 is 2.31 bits per heavy atom. The molecular formula is C25H31NO3. The molecule has 4 rings (SSSR count). The van der Waals surface area contributed by atoms with Crippen LogP contribution >= 0.6 is 0 Å². The van der Waals surface area contributed by atoms with E-state index in [1.807, 2.05) is 37.8 Å². The minimum Gasteiger partial charge on any atom is -0.444 e. The lowest BCUT2D eigenvalue weighted by Crippen LogP contribution is -2.56. The third kappa shape index (κ3) is 4.47. The summed E-state index contributed by atoms with van der Waals surface area (Å²) >= 11 is 0. The summed E-state index contributed by atoms with van der Waals surface area (Å²) in [6.07, 6.45) is 4.85. The number of Topliss-reactive ketones (excluding diaryl/α,β-unsaturated/α-hetero) is 1. The molecule has 29 heavy (non-hydrogen) atoms. The van der Waals surface area contributed by atoms with Gasteiger partial charge in [0.1, 0.15) is 11.4 Å². The van der Waals surface area contributed by atoms with Crippen LogP contribution in [-0.2, 0) is 16.0 Å². The van der Waals surface area contributed by atoms with E-state index in [0.29, 0.717) is 12.2 Å². The molecule has 2 heterocycles. The zero-order valence-electron chi connectivity index (χ0n) is 17.7. The van der Waals surface area contributed by atoms with Crippen molar-refractivity contribution in [2.45, 2.75) is 77.0 Å². The van der Waals surface area contributed by atoms with Crippen LogP contribution in [0.25, 0.3) is 10.8 Å². The quantitative estimate of drug-likeness (QED) is 0.690. The highest BCUT2D eigenvalue weighted by Gasteiger charge is 2.44.